The van der Waals surface area contributed by atoms with Crippen LogP contribution in [-0.4, -0.2) is 50.5 Å². The molecule has 0 unspecified atom stereocenters. The van der Waals surface area contributed by atoms with Gasteiger partial charge in [0, 0.05) is 13.1 Å². The van der Waals surface area contributed by atoms with Gasteiger partial charge in [-0.15, -0.1) is 0 Å². The number of hydrogen-bond donors (Lipinski definition) is 1. The number of aryl methyl sites for hydroxylation is 1. The normalized spacial score (nSPS) is 12.5. The van der Waals surface area contributed by atoms with Crippen molar-refractivity contribution in [3.63, 3.8) is 0 Å². The number of benzene rings is 2. The van der Waals surface area contributed by atoms with E-state index in [1.165, 1.54) is 4.90 Å². The fourth-order valence-corrected chi connectivity index (χ4v) is 4.49. The molecule has 2 amide bonds. The summed E-state index contributed by atoms with van der Waals surface area (Å²) in [6, 6.07) is 14.1. The van der Waals surface area contributed by atoms with Crippen LogP contribution >= 0.6 is 0 Å². The van der Waals surface area contributed by atoms with Crippen molar-refractivity contribution < 1.29 is 18.0 Å². The topological polar surface area (TPSA) is 86.8 Å². The average Bonchev–Trinajstić information content (AvgIpc) is 2.79. The third kappa shape index (κ3) is 8.09. The molecule has 0 aromatic heterocycles. The minimum Gasteiger partial charge on any atom is -0.354 e. The lowest BCUT2D eigenvalue weighted by Crippen LogP contribution is -2.51. The number of anilines is 1. The molecule has 2 aromatic carbocycles. The first-order valence-corrected chi connectivity index (χ1v) is 13.9. The molecule has 8 heteroatoms. The van der Waals surface area contributed by atoms with Gasteiger partial charge in [-0.2, -0.15) is 0 Å². The van der Waals surface area contributed by atoms with Crippen molar-refractivity contribution in [1.82, 2.24) is 10.2 Å². The standard InChI is InChI=1S/C27H39N3O4S/c1-19(2)16-28-27(32)22(6)29(17-24-11-9-8-10-21(24)5)26(31)18-30(35(7,33)34)25-14-12-23(13-15-25)20(3)4/h8-15,19-20,22H,16-18H2,1-7H3,(H,28,32)/t22-/m0/s1. The molecule has 0 saturated carbocycles. The number of sulfonamides is 1. The van der Waals surface area contributed by atoms with E-state index in [1.807, 2.05) is 57.2 Å². The van der Waals surface area contributed by atoms with Gasteiger partial charge in [0.05, 0.1) is 11.9 Å². The Morgan fingerprint density at radius 2 is 1.54 bits per heavy atom. The van der Waals surface area contributed by atoms with Crippen LogP contribution in [-0.2, 0) is 26.2 Å². The second kappa shape index (κ2) is 12.2. The van der Waals surface area contributed by atoms with Crippen molar-refractivity contribution in [2.24, 2.45) is 5.92 Å². The van der Waals surface area contributed by atoms with Crippen molar-refractivity contribution in [3.05, 3.63) is 65.2 Å². The molecular weight excluding hydrogens is 462 g/mol. The molecule has 1 atom stereocenters. The quantitative estimate of drug-likeness (QED) is 0.503. The number of carbonyl (C=O) groups is 2. The minimum absolute atomic E-state index is 0.200. The fourth-order valence-electron chi connectivity index (χ4n) is 3.65. The zero-order valence-electron chi connectivity index (χ0n) is 21.9. The SMILES string of the molecule is Cc1ccccc1CN(C(=O)CN(c1ccc(C(C)C)cc1)S(C)(=O)=O)[C@@H](C)C(=O)NCC(C)C. The molecule has 35 heavy (non-hydrogen) atoms. The second-order valence-electron chi connectivity index (χ2n) is 9.78. The zero-order chi connectivity index (χ0) is 26.3. The van der Waals surface area contributed by atoms with E-state index in [9.17, 15) is 18.0 Å². The molecule has 1 N–H and O–H groups in total. The van der Waals surface area contributed by atoms with E-state index in [0.717, 1.165) is 27.3 Å². The van der Waals surface area contributed by atoms with Crippen molar-refractivity contribution >= 4 is 27.5 Å². The summed E-state index contributed by atoms with van der Waals surface area (Å²) in [7, 11) is -3.74. The first kappa shape index (κ1) is 28.4. The van der Waals surface area contributed by atoms with E-state index in [-0.39, 0.29) is 18.4 Å². The third-order valence-corrected chi connectivity index (χ3v) is 7.12. The molecule has 2 aromatic rings. The number of hydrogen-bond acceptors (Lipinski definition) is 4. The molecule has 0 radical (unpaired) electrons. The molecule has 192 valence electrons. The van der Waals surface area contributed by atoms with Gasteiger partial charge in [-0.1, -0.05) is 64.1 Å². The molecule has 7 nitrogen and oxygen atoms in total. The van der Waals surface area contributed by atoms with Gasteiger partial charge in [-0.25, -0.2) is 8.42 Å². The first-order valence-electron chi connectivity index (χ1n) is 12.0. The summed E-state index contributed by atoms with van der Waals surface area (Å²) >= 11 is 0. The van der Waals surface area contributed by atoms with E-state index in [2.05, 4.69) is 19.2 Å². The van der Waals surface area contributed by atoms with Gasteiger partial charge in [-0.3, -0.25) is 13.9 Å². The Bertz CT molecular complexity index is 1110. The van der Waals surface area contributed by atoms with E-state index < -0.39 is 28.5 Å². The monoisotopic (exact) mass is 501 g/mol. The number of rotatable bonds is 11. The smallest absolute Gasteiger partial charge is 0.244 e. The van der Waals surface area contributed by atoms with E-state index >= 15 is 0 Å². The Morgan fingerprint density at radius 3 is 2.06 bits per heavy atom. The van der Waals surface area contributed by atoms with Crippen LogP contribution in [0.3, 0.4) is 0 Å². The highest BCUT2D eigenvalue weighted by molar-refractivity contribution is 7.92. The Balaban J connectivity index is 2.38. The Morgan fingerprint density at radius 1 is 0.943 bits per heavy atom. The third-order valence-electron chi connectivity index (χ3n) is 5.98. The van der Waals surface area contributed by atoms with Gasteiger partial charge in [0.25, 0.3) is 0 Å². The predicted molar refractivity (Wildman–Crippen MR) is 142 cm³/mol. The summed E-state index contributed by atoms with van der Waals surface area (Å²) in [5.74, 6) is -0.153. The molecule has 0 aliphatic carbocycles. The lowest BCUT2D eigenvalue weighted by molar-refractivity contribution is -0.139. The maximum atomic E-state index is 13.6. The van der Waals surface area contributed by atoms with Crippen LogP contribution in [0.25, 0.3) is 0 Å². The molecule has 0 aliphatic rings. The lowest BCUT2D eigenvalue weighted by atomic mass is 10.0. The molecule has 0 aliphatic heterocycles. The maximum Gasteiger partial charge on any atom is 0.244 e. The van der Waals surface area contributed by atoms with Crippen LogP contribution in [0.15, 0.2) is 48.5 Å². The summed E-state index contributed by atoms with van der Waals surface area (Å²) in [6.07, 6.45) is 1.08. The largest absolute Gasteiger partial charge is 0.354 e. The number of amides is 2. The van der Waals surface area contributed by atoms with Crippen molar-refractivity contribution in [2.45, 2.75) is 60.0 Å². The Kier molecular flexibility index (Phi) is 9.89. The number of nitrogens with zero attached hydrogens (tertiary/aromatic N) is 2. The van der Waals surface area contributed by atoms with Crippen molar-refractivity contribution in [1.29, 1.82) is 0 Å². The van der Waals surface area contributed by atoms with Crippen LogP contribution < -0.4 is 9.62 Å². The zero-order valence-corrected chi connectivity index (χ0v) is 22.7. The predicted octanol–water partition coefficient (Wildman–Crippen LogP) is 4.07. The highest BCUT2D eigenvalue weighted by Crippen LogP contribution is 2.23. The van der Waals surface area contributed by atoms with Crippen LogP contribution in [0.2, 0.25) is 0 Å². The molecule has 0 fully saturated rings. The van der Waals surface area contributed by atoms with Gasteiger partial charge in [0.15, 0.2) is 0 Å². The van der Waals surface area contributed by atoms with Crippen molar-refractivity contribution in [2.75, 3.05) is 23.7 Å². The van der Waals surface area contributed by atoms with Crippen molar-refractivity contribution in [3.8, 4) is 0 Å². The maximum absolute atomic E-state index is 13.6. The van der Waals surface area contributed by atoms with E-state index in [1.54, 1.807) is 19.1 Å². The molecule has 0 bridgehead atoms. The highest BCUT2D eigenvalue weighted by Gasteiger charge is 2.30. The molecule has 0 heterocycles. The van der Waals surface area contributed by atoms with Crippen LogP contribution in [0.1, 0.15) is 57.2 Å². The summed E-state index contributed by atoms with van der Waals surface area (Å²) in [5.41, 5.74) is 3.38. The Hall–Kier alpha value is -2.87. The van der Waals surface area contributed by atoms with Crippen LogP contribution in [0, 0.1) is 12.8 Å². The highest BCUT2D eigenvalue weighted by atomic mass is 32.2. The molecular formula is C27H39N3O4S. The average molecular weight is 502 g/mol. The number of nitrogens with one attached hydrogen (secondary N) is 1. The summed E-state index contributed by atoms with van der Waals surface area (Å²) < 4.78 is 26.5. The number of carbonyl (C=O) groups excluding carboxylic acids is 2. The molecule has 0 spiro atoms. The fraction of sp³-hybridized carbons (Fsp3) is 0.481. The van der Waals surface area contributed by atoms with Gasteiger partial charge >= 0.3 is 0 Å². The van der Waals surface area contributed by atoms with Gasteiger partial charge in [-0.05, 0) is 54.5 Å². The molecule has 0 saturated heterocycles. The van der Waals surface area contributed by atoms with Gasteiger partial charge < -0.3 is 10.2 Å². The van der Waals surface area contributed by atoms with Crippen LogP contribution in [0.4, 0.5) is 5.69 Å². The summed E-state index contributed by atoms with van der Waals surface area (Å²) in [6.45, 7) is 12.0. The van der Waals surface area contributed by atoms with Gasteiger partial charge in [0.2, 0.25) is 21.8 Å². The minimum atomic E-state index is -3.74. The first-order chi connectivity index (χ1) is 16.3. The summed E-state index contributed by atoms with van der Waals surface area (Å²) in [4.78, 5) is 27.9. The van der Waals surface area contributed by atoms with Crippen LogP contribution in [0.5, 0.6) is 0 Å². The molecule has 2 rings (SSSR count). The Labute approximate surface area is 210 Å². The van der Waals surface area contributed by atoms with E-state index in [0.29, 0.717) is 18.2 Å². The van der Waals surface area contributed by atoms with Gasteiger partial charge in [0.1, 0.15) is 12.6 Å². The lowest BCUT2D eigenvalue weighted by Gasteiger charge is -2.32. The second-order valence-corrected chi connectivity index (χ2v) is 11.7. The van der Waals surface area contributed by atoms with E-state index in [4.69, 9.17) is 0 Å². The summed E-state index contributed by atoms with van der Waals surface area (Å²) in [5, 5.41) is 2.88.